The van der Waals surface area contributed by atoms with Crippen LogP contribution in [-0.2, 0) is 0 Å². The van der Waals surface area contributed by atoms with Gasteiger partial charge in [-0.05, 0) is 18.6 Å². The highest BCUT2D eigenvalue weighted by atomic mass is 19.1. The van der Waals surface area contributed by atoms with Gasteiger partial charge in [-0.15, -0.1) is 0 Å². The summed E-state index contributed by atoms with van der Waals surface area (Å²) in [5.41, 5.74) is 0.409. The van der Waals surface area contributed by atoms with Crippen LogP contribution in [0.1, 0.15) is 5.56 Å². The number of hydrogen-bond acceptors (Lipinski definition) is 2. The topological polar surface area (TPSA) is 26.0 Å². The lowest BCUT2D eigenvalue weighted by molar-refractivity contribution is 0.421. The Bertz CT molecular complexity index is 451. The number of halogens is 2. The molecule has 0 aliphatic rings. The number of nitrogens with zero attached hydrogens (tertiary/aromatic N) is 1. The van der Waals surface area contributed by atoms with E-state index >= 15 is 0 Å². The van der Waals surface area contributed by atoms with E-state index in [1.807, 2.05) is 0 Å². The minimum atomic E-state index is -0.637. The Morgan fingerprint density at radius 1 is 1.21 bits per heavy atom. The number of rotatable bonds is 1. The third-order valence-corrected chi connectivity index (χ3v) is 1.98. The lowest BCUT2D eigenvalue weighted by Crippen LogP contribution is -1.93. The van der Waals surface area contributed by atoms with Crippen molar-refractivity contribution in [3.8, 4) is 11.3 Å². The minimum absolute atomic E-state index is 0.140. The van der Waals surface area contributed by atoms with Crippen LogP contribution in [0.2, 0.25) is 0 Å². The van der Waals surface area contributed by atoms with Crippen LogP contribution in [-0.4, -0.2) is 5.16 Å². The van der Waals surface area contributed by atoms with E-state index in [2.05, 4.69) is 9.68 Å². The van der Waals surface area contributed by atoms with Crippen molar-refractivity contribution in [3.63, 3.8) is 0 Å². The molecule has 0 aliphatic carbocycles. The largest absolute Gasteiger partial charge is 0.364 e. The van der Waals surface area contributed by atoms with E-state index in [9.17, 15) is 8.78 Å². The first-order valence-electron chi connectivity index (χ1n) is 4.05. The molecule has 1 heterocycles. The molecule has 0 aliphatic heterocycles. The van der Waals surface area contributed by atoms with Crippen molar-refractivity contribution in [1.29, 1.82) is 0 Å². The Morgan fingerprint density at radius 3 is 2.64 bits per heavy atom. The van der Waals surface area contributed by atoms with E-state index in [-0.39, 0.29) is 11.3 Å². The fourth-order valence-electron chi connectivity index (χ4n) is 1.23. The van der Waals surface area contributed by atoms with Gasteiger partial charge in [-0.3, -0.25) is 0 Å². The van der Waals surface area contributed by atoms with E-state index in [4.69, 9.17) is 0 Å². The summed E-state index contributed by atoms with van der Waals surface area (Å²) in [6.07, 6.45) is 1.27. The van der Waals surface area contributed by atoms with E-state index < -0.39 is 11.6 Å². The van der Waals surface area contributed by atoms with Gasteiger partial charge < -0.3 is 4.52 Å². The molecule has 14 heavy (non-hydrogen) atoms. The monoisotopic (exact) mass is 195 g/mol. The SMILES string of the molecule is Cc1ccc(F)c(-c2ccon2)c1F. The Labute approximate surface area is 79.1 Å². The van der Waals surface area contributed by atoms with Crippen molar-refractivity contribution >= 4 is 0 Å². The normalized spacial score (nSPS) is 10.5. The maximum atomic E-state index is 13.5. The molecule has 0 fully saturated rings. The minimum Gasteiger partial charge on any atom is -0.364 e. The van der Waals surface area contributed by atoms with Gasteiger partial charge in [-0.2, -0.15) is 0 Å². The molecule has 2 aromatic rings. The van der Waals surface area contributed by atoms with Gasteiger partial charge in [-0.1, -0.05) is 11.2 Å². The molecule has 2 rings (SSSR count). The van der Waals surface area contributed by atoms with Gasteiger partial charge in [-0.25, -0.2) is 8.78 Å². The molecule has 1 aromatic carbocycles. The molecule has 0 N–H and O–H groups in total. The molecule has 72 valence electrons. The summed E-state index contributed by atoms with van der Waals surface area (Å²) in [6.45, 7) is 1.57. The summed E-state index contributed by atoms with van der Waals surface area (Å²) in [5, 5.41) is 3.49. The van der Waals surface area contributed by atoms with Crippen LogP contribution in [0.15, 0.2) is 29.0 Å². The average molecular weight is 195 g/mol. The Balaban J connectivity index is 2.69. The van der Waals surface area contributed by atoms with Crippen molar-refractivity contribution in [2.24, 2.45) is 0 Å². The first-order valence-corrected chi connectivity index (χ1v) is 4.05. The first-order chi connectivity index (χ1) is 6.70. The first kappa shape index (κ1) is 8.87. The van der Waals surface area contributed by atoms with Crippen LogP contribution in [0.5, 0.6) is 0 Å². The summed E-state index contributed by atoms with van der Waals surface area (Å²) < 4.78 is 31.3. The van der Waals surface area contributed by atoms with Gasteiger partial charge in [0.2, 0.25) is 0 Å². The van der Waals surface area contributed by atoms with E-state index in [0.717, 1.165) is 0 Å². The van der Waals surface area contributed by atoms with Crippen LogP contribution in [0.25, 0.3) is 11.3 Å². The molecule has 1 aromatic heterocycles. The van der Waals surface area contributed by atoms with Crippen molar-refractivity contribution < 1.29 is 13.3 Å². The Hall–Kier alpha value is -1.71. The van der Waals surface area contributed by atoms with Crippen molar-refractivity contribution in [1.82, 2.24) is 5.16 Å². The van der Waals surface area contributed by atoms with E-state index in [0.29, 0.717) is 5.56 Å². The number of hydrogen-bond donors (Lipinski definition) is 0. The van der Waals surface area contributed by atoms with Crippen molar-refractivity contribution in [3.05, 3.63) is 41.7 Å². The van der Waals surface area contributed by atoms with Crippen LogP contribution < -0.4 is 0 Å². The van der Waals surface area contributed by atoms with Crippen LogP contribution in [0, 0.1) is 18.6 Å². The molecule has 0 atom stereocenters. The smallest absolute Gasteiger partial charge is 0.138 e. The lowest BCUT2D eigenvalue weighted by atomic mass is 10.1. The highest BCUT2D eigenvalue weighted by Crippen LogP contribution is 2.26. The molecule has 0 spiro atoms. The standard InChI is InChI=1S/C10H7F2NO/c1-6-2-3-7(11)9(10(6)12)8-4-5-14-13-8/h2-5H,1H3. The fraction of sp³-hybridized carbons (Fsp3) is 0.100. The third-order valence-electron chi connectivity index (χ3n) is 1.98. The second-order valence-corrected chi connectivity index (χ2v) is 2.94. The number of aromatic nitrogens is 1. The molecule has 2 nitrogen and oxygen atoms in total. The van der Waals surface area contributed by atoms with Crippen LogP contribution >= 0.6 is 0 Å². The molecular weight excluding hydrogens is 188 g/mol. The third kappa shape index (κ3) is 1.28. The second kappa shape index (κ2) is 3.21. The summed E-state index contributed by atoms with van der Waals surface area (Å²) >= 11 is 0. The molecule has 0 amide bonds. The Kier molecular flexibility index (Phi) is 2.04. The van der Waals surface area contributed by atoms with E-state index in [1.54, 1.807) is 6.92 Å². The maximum absolute atomic E-state index is 13.5. The molecular formula is C10H7F2NO. The zero-order valence-corrected chi connectivity index (χ0v) is 7.42. The summed E-state index contributed by atoms with van der Waals surface area (Å²) in [5.74, 6) is -1.24. The zero-order valence-electron chi connectivity index (χ0n) is 7.42. The Morgan fingerprint density at radius 2 is 2.00 bits per heavy atom. The second-order valence-electron chi connectivity index (χ2n) is 2.94. The lowest BCUT2D eigenvalue weighted by Gasteiger charge is -2.03. The van der Waals surface area contributed by atoms with Gasteiger partial charge in [0.1, 0.15) is 23.6 Å². The highest BCUT2D eigenvalue weighted by Gasteiger charge is 2.15. The predicted octanol–water partition coefficient (Wildman–Crippen LogP) is 2.93. The average Bonchev–Trinajstić information content (AvgIpc) is 2.65. The van der Waals surface area contributed by atoms with Crippen molar-refractivity contribution in [2.75, 3.05) is 0 Å². The molecule has 0 saturated heterocycles. The molecule has 0 radical (unpaired) electrons. The highest BCUT2D eigenvalue weighted by molar-refractivity contribution is 5.61. The fourth-order valence-corrected chi connectivity index (χ4v) is 1.23. The summed E-state index contributed by atoms with van der Waals surface area (Å²) in [4.78, 5) is 0. The van der Waals surface area contributed by atoms with Crippen molar-refractivity contribution in [2.45, 2.75) is 6.92 Å². The number of benzene rings is 1. The van der Waals surface area contributed by atoms with Gasteiger partial charge in [0.15, 0.2) is 0 Å². The van der Waals surface area contributed by atoms with E-state index in [1.165, 1.54) is 24.5 Å². The van der Waals surface area contributed by atoms with Crippen LogP contribution in [0.3, 0.4) is 0 Å². The van der Waals surface area contributed by atoms with Gasteiger partial charge in [0.05, 0.1) is 5.56 Å². The summed E-state index contributed by atoms with van der Waals surface area (Å²) in [7, 11) is 0. The summed E-state index contributed by atoms with van der Waals surface area (Å²) in [6, 6.07) is 4.01. The molecule has 0 unspecified atom stereocenters. The van der Waals surface area contributed by atoms with Gasteiger partial charge in [0.25, 0.3) is 0 Å². The van der Waals surface area contributed by atoms with Crippen LogP contribution in [0.4, 0.5) is 8.78 Å². The maximum Gasteiger partial charge on any atom is 0.138 e. The quantitative estimate of drug-likeness (QED) is 0.699. The molecule has 0 saturated carbocycles. The van der Waals surface area contributed by atoms with Gasteiger partial charge in [0, 0.05) is 6.07 Å². The predicted molar refractivity (Wildman–Crippen MR) is 46.6 cm³/mol. The zero-order chi connectivity index (χ0) is 10.1. The molecule has 0 bridgehead atoms. The molecule has 4 heteroatoms. The number of aryl methyl sites for hydroxylation is 1. The van der Waals surface area contributed by atoms with Gasteiger partial charge >= 0.3 is 0 Å².